The molecule has 0 saturated carbocycles. The van der Waals surface area contributed by atoms with Crippen LogP contribution in [0.4, 0.5) is 0 Å². The van der Waals surface area contributed by atoms with Crippen molar-refractivity contribution in [3.8, 4) is 0 Å². The molecule has 4 rings (SSSR count). The van der Waals surface area contributed by atoms with Crippen molar-refractivity contribution in [2.45, 2.75) is 10.7 Å². The zero-order chi connectivity index (χ0) is 17.8. The molecule has 0 spiro atoms. The summed E-state index contributed by atoms with van der Waals surface area (Å²) in [6.45, 7) is 0. The summed E-state index contributed by atoms with van der Waals surface area (Å²) in [4.78, 5) is 0. The van der Waals surface area contributed by atoms with Gasteiger partial charge in [-0.3, -0.25) is 0 Å². The monoisotopic (exact) mass is 357 g/mol. The normalized spacial score (nSPS) is 12.7. The molecular weight excluding hydrogens is 338 g/mol. The van der Waals surface area contributed by atoms with E-state index in [4.69, 9.17) is 12.6 Å². The predicted octanol–water partition coefficient (Wildman–Crippen LogP) is 4.81. The predicted molar refractivity (Wildman–Crippen MR) is 107 cm³/mol. The summed E-state index contributed by atoms with van der Waals surface area (Å²) in [7, 11) is 0. The van der Waals surface area contributed by atoms with Crippen LogP contribution >= 0.6 is 12.6 Å². The van der Waals surface area contributed by atoms with Crippen molar-refractivity contribution in [1.82, 2.24) is 15.4 Å². The Morgan fingerprint density at radius 1 is 0.692 bits per heavy atom. The van der Waals surface area contributed by atoms with Crippen LogP contribution in [0, 0.1) is 0 Å². The Morgan fingerprint density at radius 2 is 1.12 bits per heavy atom. The summed E-state index contributed by atoms with van der Waals surface area (Å²) in [5.74, 6) is 0. The molecule has 1 atom stereocenters. The number of thiol groups is 1. The second kappa shape index (κ2) is 7.18. The minimum Gasteiger partial charge on any atom is -0.198 e. The third-order valence-electron chi connectivity index (χ3n) is 4.81. The lowest BCUT2D eigenvalue weighted by Crippen LogP contribution is -2.34. The zero-order valence-corrected chi connectivity index (χ0v) is 15.1. The fourth-order valence-corrected chi connectivity index (χ4v) is 4.21. The number of aromatic nitrogens is 3. The van der Waals surface area contributed by atoms with Crippen LogP contribution in [0.3, 0.4) is 0 Å². The number of hydrogen-bond acceptors (Lipinski definition) is 3. The van der Waals surface area contributed by atoms with Gasteiger partial charge in [-0.2, -0.15) is 28.0 Å². The molecule has 1 N–H and O–H groups in total. The number of aromatic amines is 1. The molecule has 3 nitrogen and oxygen atoms in total. The largest absolute Gasteiger partial charge is 0.198 e. The summed E-state index contributed by atoms with van der Waals surface area (Å²) < 4.78 is 0. The SMILES string of the molecule is SC(c1cn[nH]n1)C(c1ccccc1)(c1ccccc1)c1ccccc1. The molecule has 26 heavy (non-hydrogen) atoms. The Balaban J connectivity index is 2.07. The molecule has 128 valence electrons. The first-order valence-corrected chi connectivity index (χ1v) is 9.05. The second-order valence-electron chi connectivity index (χ2n) is 6.20. The van der Waals surface area contributed by atoms with Gasteiger partial charge in [-0.1, -0.05) is 91.0 Å². The van der Waals surface area contributed by atoms with Crippen molar-refractivity contribution in [1.29, 1.82) is 0 Å². The number of benzene rings is 3. The van der Waals surface area contributed by atoms with Gasteiger partial charge in [-0.25, -0.2) is 0 Å². The van der Waals surface area contributed by atoms with Gasteiger partial charge in [-0.05, 0) is 16.7 Å². The van der Waals surface area contributed by atoms with E-state index in [0.717, 1.165) is 5.69 Å². The van der Waals surface area contributed by atoms with Crippen LogP contribution in [0.25, 0.3) is 0 Å². The lowest BCUT2D eigenvalue weighted by molar-refractivity contribution is 0.591. The van der Waals surface area contributed by atoms with Gasteiger partial charge in [0, 0.05) is 0 Å². The van der Waals surface area contributed by atoms with Crippen molar-refractivity contribution in [2.24, 2.45) is 0 Å². The van der Waals surface area contributed by atoms with E-state index in [9.17, 15) is 0 Å². The summed E-state index contributed by atoms with van der Waals surface area (Å²) in [6.07, 6.45) is 1.75. The van der Waals surface area contributed by atoms with Crippen LogP contribution in [0.5, 0.6) is 0 Å². The number of nitrogens with zero attached hydrogens (tertiary/aromatic N) is 2. The first-order chi connectivity index (χ1) is 12.8. The molecule has 0 fully saturated rings. The van der Waals surface area contributed by atoms with E-state index in [1.807, 2.05) is 18.2 Å². The maximum absolute atomic E-state index is 5.08. The van der Waals surface area contributed by atoms with E-state index in [1.165, 1.54) is 16.7 Å². The Hall–Kier alpha value is -2.85. The Bertz CT molecular complexity index is 842. The summed E-state index contributed by atoms with van der Waals surface area (Å²) >= 11 is 5.08. The number of hydrogen-bond donors (Lipinski definition) is 2. The zero-order valence-electron chi connectivity index (χ0n) is 14.2. The van der Waals surface area contributed by atoms with Crippen molar-refractivity contribution in [2.75, 3.05) is 0 Å². The molecule has 0 aliphatic rings. The van der Waals surface area contributed by atoms with Gasteiger partial charge < -0.3 is 0 Å². The highest BCUT2D eigenvalue weighted by molar-refractivity contribution is 7.80. The quantitative estimate of drug-likeness (QED) is 0.397. The average molecular weight is 357 g/mol. The molecule has 0 amide bonds. The van der Waals surface area contributed by atoms with Gasteiger partial charge >= 0.3 is 0 Å². The van der Waals surface area contributed by atoms with E-state index in [0.29, 0.717) is 0 Å². The van der Waals surface area contributed by atoms with Crippen molar-refractivity contribution in [3.05, 3.63) is 120 Å². The smallest absolute Gasteiger partial charge is 0.0967 e. The molecule has 0 radical (unpaired) electrons. The van der Waals surface area contributed by atoms with E-state index < -0.39 is 5.41 Å². The van der Waals surface area contributed by atoms with Crippen molar-refractivity contribution < 1.29 is 0 Å². The van der Waals surface area contributed by atoms with E-state index in [1.54, 1.807) is 6.20 Å². The fraction of sp³-hybridized carbons (Fsp3) is 0.0909. The van der Waals surface area contributed by atoms with Gasteiger partial charge in [-0.15, -0.1) is 0 Å². The van der Waals surface area contributed by atoms with Crippen molar-refractivity contribution in [3.63, 3.8) is 0 Å². The number of nitrogens with one attached hydrogen (secondary N) is 1. The maximum atomic E-state index is 5.08. The molecular formula is C22H19N3S. The van der Waals surface area contributed by atoms with Gasteiger partial charge in [0.25, 0.3) is 0 Å². The molecule has 0 aliphatic carbocycles. The van der Waals surface area contributed by atoms with Gasteiger partial charge in [0.05, 0.1) is 22.6 Å². The summed E-state index contributed by atoms with van der Waals surface area (Å²) in [6, 6.07) is 31.5. The van der Waals surface area contributed by atoms with Crippen LogP contribution < -0.4 is 0 Å². The van der Waals surface area contributed by atoms with Crippen LogP contribution in [0.2, 0.25) is 0 Å². The van der Waals surface area contributed by atoms with Crippen LogP contribution in [-0.4, -0.2) is 15.4 Å². The Morgan fingerprint density at radius 3 is 1.46 bits per heavy atom. The highest BCUT2D eigenvalue weighted by Gasteiger charge is 2.43. The molecule has 0 aliphatic heterocycles. The van der Waals surface area contributed by atoms with Gasteiger partial charge in [0.2, 0.25) is 0 Å². The standard InChI is InChI=1S/C22H19N3S/c26-21(20-16-23-25-24-20)22(17-10-4-1-5-11-17,18-12-6-2-7-13-18)19-14-8-3-9-15-19/h1-16,21,26H,(H,23,24,25). The lowest BCUT2D eigenvalue weighted by Gasteiger charge is -2.39. The number of rotatable bonds is 5. The fourth-order valence-electron chi connectivity index (χ4n) is 3.64. The third kappa shape index (κ3) is 2.72. The van der Waals surface area contributed by atoms with Gasteiger partial charge in [0.15, 0.2) is 0 Å². The van der Waals surface area contributed by atoms with Crippen LogP contribution in [-0.2, 0) is 5.41 Å². The third-order valence-corrected chi connectivity index (χ3v) is 5.46. The molecule has 1 heterocycles. The molecule has 1 unspecified atom stereocenters. The highest BCUT2D eigenvalue weighted by atomic mass is 32.1. The highest BCUT2D eigenvalue weighted by Crippen LogP contribution is 2.50. The van der Waals surface area contributed by atoms with E-state index >= 15 is 0 Å². The van der Waals surface area contributed by atoms with Crippen molar-refractivity contribution >= 4 is 12.6 Å². The maximum Gasteiger partial charge on any atom is 0.0967 e. The molecule has 0 bridgehead atoms. The lowest BCUT2D eigenvalue weighted by atomic mass is 9.66. The Labute approximate surface area is 158 Å². The van der Waals surface area contributed by atoms with E-state index in [-0.39, 0.29) is 5.25 Å². The first kappa shape index (κ1) is 16.6. The second-order valence-corrected chi connectivity index (χ2v) is 6.72. The van der Waals surface area contributed by atoms with Gasteiger partial charge in [0.1, 0.15) is 0 Å². The van der Waals surface area contributed by atoms with E-state index in [2.05, 4.69) is 88.2 Å². The summed E-state index contributed by atoms with van der Waals surface area (Å²) in [5.41, 5.74) is 3.81. The average Bonchev–Trinajstić information content (AvgIpc) is 3.26. The molecule has 3 aromatic carbocycles. The minimum absolute atomic E-state index is 0.214. The first-order valence-electron chi connectivity index (χ1n) is 8.54. The molecule has 0 saturated heterocycles. The number of H-pyrrole nitrogens is 1. The van der Waals surface area contributed by atoms with Crippen LogP contribution in [0.15, 0.2) is 97.2 Å². The van der Waals surface area contributed by atoms with Crippen LogP contribution in [0.1, 0.15) is 27.6 Å². The molecule has 4 aromatic rings. The Kier molecular flexibility index (Phi) is 4.59. The topological polar surface area (TPSA) is 41.6 Å². The summed E-state index contributed by atoms with van der Waals surface area (Å²) in [5, 5.41) is 10.9. The molecule has 4 heteroatoms. The minimum atomic E-state index is -0.496. The molecule has 1 aromatic heterocycles.